The summed E-state index contributed by atoms with van der Waals surface area (Å²) < 4.78 is 11.6. The Hall–Kier alpha value is -2.46. The van der Waals surface area contributed by atoms with E-state index in [1.54, 1.807) is 0 Å². The molecule has 3 aliphatic rings. The van der Waals surface area contributed by atoms with E-state index in [1.165, 1.54) is 41.6 Å². The minimum atomic E-state index is 0.636. The zero-order valence-electron chi connectivity index (χ0n) is 16.4. The first-order valence-electron chi connectivity index (χ1n) is 10.5. The standard InChI is InChI=1S/C24H28N2O2/c1-2-7-20(6-1)21-8-3-5-19(17-21)18-25-11-13-26(14-12-25)22-9-4-10-23-24(22)28-16-15-27-23/h3-6,8-10,17H,1-2,7,11-16,18H2. The van der Waals surface area contributed by atoms with Crippen molar-refractivity contribution in [1.82, 2.24) is 4.90 Å². The van der Waals surface area contributed by atoms with Gasteiger partial charge in [0.1, 0.15) is 13.2 Å². The first-order chi connectivity index (χ1) is 13.9. The van der Waals surface area contributed by atoms with Crippen LogP contribution in [0.15, 0.2) is 48.5 Å². The van der Waals surface area contributed by atoms with Crippen LogP contribution >= 0.6 is 0 Å². The van der Waals surface area contributed by atoms with Gasteiger partial charge in [-0.25, -0.2) is 0 Å². The second-order valence-corrected chi connectivity index (χ2v) is 7.89. The number of hydrogen-bond donors (Lipinski definition) is 0. The Labute approximate surface area is 167 Å². The monoisotopic (exact) mass is 376 g/mol. The molecule has 2 aromatic rings. The topological polar surface area (TPSA) is 24.9 Å². The highest BCUT2D eigenvalue weighted by molar-refractivity contribution is 5.67. The SMILES string of the molecule is C1=C(c2cccc(CN3CCN(c4cccc5c4OCCO5)CC3)c2)CCC1. The number of allylic oxidation sites excluding steroid dienone is 2. The van der Waals surface area contributed by atoms with Crippen molar-refractivity contribution in [2.45, 2.75) is 25.8 Å². The number of ether oxygens (including phenoxy) is 2. The Kier molecular flexibility index (Phi) is 4.96. The maximum atomic E-state index is 5.91. The smallest absolute Gasteiger partial charge is 0.184 e. The van der Waals surface area contributed by atoms with E-state index in [2.05, 4.69) is 52.3 Å². The molecule has 0 radical (unpaired) electrons. The van der Waals surface area contributed by atoms with Crippen molar-refractivity contribution in [3.8, 4) is 11.5 Å². The molecular weight excluding hydrogens is 348 g/mol. The molecule has 146 valence electrons. The van der Waals surface area contributed by atoms with Crippen LogP contribution in [0.25, 0.3) is 5.57 Å². The summed E-state index contributed by atoms with van der Waals surface area (Å²) in [6.07, 6.45) is 6.18. The molecule has 2 aliphatic heterocycles. The molecule has 4 heteroatoms. The van der Waals surface area contributed by atoms with E-state index in [4.69, 9.17) is 9.47 Å². The molecule has 5 rings (SSSR count). The van der Waals surface area contributed by atoms with E-state index in [1.807, 2.05) is 6.07 Å². The number of rotatable bonds is 4. The van der Waals surface area contributed by atoms with E-state index < -0.39 is 0 Å². The average molecular weight is 377 g/mol. The number of nitrogens with zero attached hydrogens (tertiary/aromatic N) is 2. The van der Waals surface area contributed by atoms with Gasteiger partial charge in [-0.1, -0.05) is 36.4 Å². The molecular formula is C24H28N2O2. The summed E-state index contributed by atoms with van der Waals surface area (Å²) in [4.78, 5) is 5.00. The molecule has 0 amide bonds. The zero-order valence-corrected chi connectivity index (χ0v) is 16.4. The highest BCUT2D eigenvalue weighted by Crippen LogP contribution is 2.39. The van der Waals surface area contributed by atoms with Crippen molar-refractivity contribution in [2.24, 2.45) is 0 Å². The van der Waals surface area contributed by atoms with Crippen molar-refractivity contribution in [3.63, 3.8) is 0 Å². The maximum absolute atomic E-state index is 5.91. The van der Waals surface area contributed by atoms with Gasteiger partial charge < -0.3 is 14.4 Å². The van der Waals surface area contributed by atoms with Gasteiger partial charge in [-0.3, -0.25) is 4.90 Å². The van der Waals surface area contributed by atoms with Gasteiger partial charge in [0.25, 0.3) is 0 Å². The van der Waals surface area contributed by atoms with Crippen LogP contribution in [0.4, 0.5) is 5.69 Å². The number of anilines is 1. The molecule has 0 aromatic heterocycles. The molecule has 0 spiro atoms. The number of hydrogen-bond acceptors (Lipinski definition) is 4. The Morgan fingerprint density at radius 3 is 2.61 bits per heavy atom. The number of fused-ring (bicyclic) bond motifs is 1. The predicted octanol–water partition coefficient (Wildman–Crippen LogP) is 4.35. The van der Waals surface area contributed by atoms with Gasteiger partial charge in [-0.2, -0.15) is 0 Å². The van der Waals surface area contributed by atoms with Gasteiger partial charge in [0, 0.05) is 32.7 Å². The molecule has 0 N–H and O–H groups in total. The van der Waals surface area contributed by atoms with E-state index in [-0.39, 0.29) is 0 Å². The second-order valence-electron chi connectivity index (χ2n) is 7.89. The van der Waals surface area contributed by atoms with Crippen molar-refractivity contribution in [2.75, 3.05) is 44.3 Å². The third-order valence-electron chi connectivity index (χ3n) is 6.00. The van der Waals surface area contributed by atoms with Gasteiger partial charge >= 0.3 is 0 Å². The van der Waals surface area contributed by atoms with Crippen LogP contribution in [0, 0.1) is 0 Å². The van der Waals surface area contributed by atoms with Crippen LogP contribution in [-0.4, -0.2) is 44.3 Å². The maximum Gasteiger partial charge on any atom is 0.184 e. The molecule has 2 aromatic carbocycles. The van der Waals surface area contributed by atoms with Crippen LogP contribution in [0.1, 0.15) is 30.4 Å². The molecule has 1 saturated heterocycles. The minimum absolute atomic E-state index is 0.636. The van der Waals surface area contributed by atoms with Gasteiger partial charge in [0.2, 0.25) is 0 Å². The van der Waals surface area contributed by atoms with E-state index in [9.17, 15) is 0 Å². The zero-order chi connectivity index (χ0) is 18.8. The Bertz CT molecular complexity index is 869. The summed E-state index contributed by atoms with van der Waals surface area (Å²) in [5.74, 6) is 1.80. The normalized spacial score (nSPS) is 19.6. The summed E-state index contributed by atoms with van der Waals surface area (Å²) in [5.41, 5.74) is 5.55. The highest BCUT2D eigenvalue weighted by atomic mass is 16.6. The van der Waals surface area contributed by atoms with Crippen LogP contribution in [0.5, 0.6) is 11.5 Å². The largest absolute Gasteiger partial charge is 0.486 e. The molecule has 0 unspecified atom stereocenters. The van der Waals surface area contributed by atoms with Crippen molar-refractivity contribution in [3.05, 3.63) is 59.7 Å². The minimum Gasteiger partial charge on any atom is -0.486 e. The van der Waals surface area contributed by atoms with E-state index in [0.29, 0.717) is 13.2 Å². The van der Waals surface area contributed by atoms with Crippen LogP contribution in [0.2, 0.25) is 0 Å². The Morgan fingerprint density at radius 1 is 0.893 bits per heavy atom. The van der Waals surface area contributed by atoms with E-state index >= 15 is 0 Å². The van der Waals surface area contributed by atoms with Gasteiger partial charge in [-0.05, 0) is 48.1 Å². The molecule has 4 nitrogen and oxygen atoms in total. The van der Waals surface area contributed by atoms with Crippen molar-refractivity contribution < 1.29 is 9.47 Å². The lowest BCUT2D eigenvalue weighted by atomic mass is 10.0. The second kappa shape index (κ2) is 7.88. The van der Waals surface area contributed by atoms with Crippen LogP contribution < -0.4 is 14.4 Å². The summed E-state index contributed by atoms with van der Waals surface area (Å²) in [6.45, 7) is 6.47. The fourth-order valence-corrected chi connectivity index (χ4v) is 4.51. The summed E-state index contributed by atoms with van der Waals surface area (Å²) in [6, 6.07) is 15.4. The number of benzene rings is 2. The lowest BCUT2D eigenvalue weighted by molar-refractivity contribution is 0.171. The molecule has 28 heavy (non-hydrogen) atoms. The number of para-hydroxylation sites is 1. The third kappa shape index (κ3) is 3.61. The molecule has 0 atom stereocenters. The van der Waals surface area contributed by atoms with E-state index in [0.717, 1.165) is 44.2 Å². The molecule has 0 saturated carbocycles. The Morgan fingerprint density at radius 2 is 1.75 bits per heavy atom. The van der Waals surface area contributed by atoms with Crippen molar-refractivity contribution in [1.29, 1.82) is 0 Å². The van der Waals surface area contributed by atoms with Gasteiger partial charge in [0.15, 0.2) is 11.5 Å². The Balaban J connectivity index is 1.23. The highest BCUT2D eigenvalue weighted by Gasteiger charge is 2.23. The lowest BCUT2D eigenvalue weighted by Crippen LogP contribution is -2.46. The number of piperazine rings is 1. The fourth-order valence-electron chi connectivity index (χ4n) is 4.51. The third-order valence-corrected chi connectivity index (χ3v) is 6.00. The fraction of sp³-hybridized carbons (Fsp3) is 0.417. The molecule has 0 bridgehead atoms. The molecule has 1 aliphatic carbocycles. The van der Waals surface area contributed by atoms with Gasteiger partial charge in [0.05, 0.1) is 5.69 Å². The first kappa shape index (κ1) is 17.6. The lowest BCUT2D eigenvalue weighted by Gasteiger charge is -2.37. The van der Waals surface area contributed by atoms with Crippen LogP contribution in [-0.2, 0) is 6.54 Å². The molecule has 1 fully saturated rings. The van der Waals surface area contributed by atoms with Gasteiger partial charge in [-0.15, -0.1) is 0 Å². The summed E-state index contributed by atoms with van der Waals surface area (Å²) >= 11 is 0. The van der Waals surface area contributed by atoms with Crippen LogP contribution in [0.3, 0.4) is 0 Å². The summed E-state index contributed by atoms with van der Waals surface area (Å²) in [7, 11) is 0. The molecule has 2 heterocycles. The van der Waals surface area contributed by atoms with Crippen molar-refractivity contribution >= 4 is 11.3 Å². The first-order valence-corrected chi connectivity index (χ1v) is 10.5. The predicted molar refractivity (Wildman–Crippen MR) is 113 cm³/mol. The summed E-state index contributed by atoms with van der Waals surface area (Å²) in [5, 5.41) is 0. The quantitative estimate of drug-likeness (QED) is 0.792. The average Bonchev–Trinajstić information content (AvgIpc) is 3.29.